The molecule has 82 heavy (non-hydrogen) atoms. The van der Waals surface area contributed by atoms with Gasteiger partial charge in [-0.05, 0) is 103 Å². The highest BCUT2D eigenvalue weighted by Crippen LogP contribution is 2.17. The average molecular weight is 1140 g/mol. The lowest BCUT2D eigenvalue weighted by molar-refractivity contribution is -0.167. The maximum atomic E-state index is 13.0. The summed E-state index contributed by atoms with van der Waals surface area (Å²) in [5, 5.41) is 0. The summed E-state index contributed by atoms with van der Waals surface area (Å²) in [5.41, 5.74) is 0. The first kappa shape index (κ1) is 78.3. The molecule has 0 spiro atoms. The lowest BCUT2D eigenvalue weighted by Gasteiger charge is -2.18. The quantitative estimate of drug-likeness (QED) is 0.0261. The summed E-state index contributed by atoms with van der Waals surface area (Å²) in [7, 11) is 0. The summed E-state index contributed by atoms with van der Waals surface area (Å²) in [6.45, 7) is 6.55. The Morgan fingerprint density at radius 1 is 0.256 bits per heavy atom. The molecule has 0 aliphatic carbocycles. The molecule has 6 nitrogen and oxygen atoms in total. The van der Waals surface area contributed by atoms with Crippen LogP contribution in [0.5, 0.6) is 0 Å². The monoisotopic (exact) mass is 1140 g/mol. The fourth-order valence-corrected chi connectivity index (χ4v) is 10.1. The molecule has 0 fully saturated rings. The number of hydrogen-bond donors (Lipinski definition) is 0. The zero-order chi connectivity index (χ0) is 59.2. The molecule has 0 aromatic heterocycles. The molecule has 0 aliphatic heterocycles. The van der Waals surface area contributed by atoms with Crippen LogP contribution in [0.2, 0.25) is 0 Å². The van der Waals surface area contributed by atoms with E-state index in [0.29, 0.717) is 19.3 Å². The van der Waals surface area contributed by atoms with Gasteiger partial charge in [0.05, 0.1) is 0 Å². The van der Waals surface area contributed by atoms with Gasteiger partial charge in [-0.3, -0.25) is 14.4 Å². The van der Waals surface area contributed by atoms with Crippen LogP contribution in [0.25, 0.3) is 0 Å². The summed E-state index contributed by atoms with van der Waals surface area (Å²) >= 11 is 0. The Kier molecular flexibility index (Phi) is 66.7. The number of carbonyl (C=O) groups is 3. The molecule has 0 aromatic carbocycles. The van der Waals surface area contributed by atoms with E-state index in [1.807, 2.05) is 0 Å². The molecule has 0 saturated heterocycles. The minimum atomic E-state index is -0.786. The maximum Gasteiger partial charge on any atom is 0.306 e. The minimum absolute atomic E-state index is 0.0803. The van der Waals surface area contributed by atoms with Crippen LogP contribution in [0.3, 0.4) is 0 Å². The van der Waals surface area contributed by atoms with Gasteiger partial charge in [-0.1, -0.05) is 323 Å². The first-order chi connectivity index (χ1) is 40.5. The van der Waals surface area contributed by atoms with Gasteiger partial charge in [-0.25, -0.2) is 0 Å². The van der Waals surface area contributed by atoms with Crippen LogP contribution < -0.4 is 0 Å². The SMILES string of the molecule is CC/C=C\C/C=C\C/C=C\C/C=C\C/C=C\C/C=C\C/C=C\CCCCCCCC(=O)OCC(COC(=O)CCCCCCCCCCCCCC)OC(=O)CCCCCCCCCCCCCCC/C=C\CCCCCCCCCC. The first-order valence-corrected chi connectivity index (χ1v) is 35.2. The lowest BCUT2D eigenvalue weighted by Crippen LogP contribution is -2.30. The summed E-state index contributed by atoms with van der Waals surface area (Å²) in [6, 6.07) is 0. The summed E-state index contributed by atoms with van der Waals surface area (Å²) in [6.07, 6.45) is 94.3. The number of esters is 3. The molecule has 0 aliphatic rings. The van der Waals surface area contributed by atoms with Crippen LogP contribution in [0.15, 0.2) is 97.2 Å². The molecule has 0 rings (SSSR count). The van der Waals surface area contributed by atoms with Crippen LogP contribution in [-0.2, 0) is 28.6 Å². The number of unbranched alkanes of at least 4 members (excludes halogenated alkanes) is 37. The number of carbonyl (C=O) groups excluding carboxylic acids is 3. The van der Waals surface area contributed by atoms with Crippen molar-refractivity contribution < 1.29 is 28.6 Å². The van der Waals surface area contributed by atoms with E-state index in [0.717, 1.165) is 122 Å². The lowest BCUT2D eigenvalue weighted by atomic mass is 10.0. The van der Waals surface area contributed by atoms with Gasteiger partial charge >= 0.3 is 17.9 Å². The second kappa shape index (κ2) is 69.8. The largest absolute Gasteiger partial charge is 0.462 e. The Morgan fingerprint density at radius 2 is 0.476 bits per heavy atom. The van der Waals surface area contributed by atoms with Crippen LogP contribution in [0, 0.1) is 0 Å². The summed E-state index contributed by atoms with van der Waals surface area (Å²) < 4.78 is 17.0. The highest BCUT2D eigenvalue weighted by atomic mass is 16.6. The van der Waals surface area contributed by atoms with Gasteiger partial charge in [-0.15, -0.1) is 0 Å². The van der Waals surface area contributed by atoms with Crippen molar-refractivity contribution in [3.8, 4) is 0 Å². The van der Waals surface area contributed by atoms with Crippen LogP contribution >= 0.6 is 0 Å². The Bertz CT molecular complexity index is 1590. The Hall–Kier alpha value is -3.67. The summed E-state index contributed by atoms with van der Waals surface area (Å²) in [5.74, 6) is -0.885. The molecule has 1 unspecified atom stereocenters. The number of hydrogen-bond acceptors (Lipinski definition) is 6. The van der Waals surface area contributed by atoms with E-state index in [-0.39, 0.29) is 31.1 Å². The predicted molar refractivity (Wildman–Crippen MR) is 357 cm³/mol. The average Bonchev–Trinajstić information content (AvgIpc) is 3.47. The highest BCUT2D eigenvalue weighted by molar-refractivity contribution is 5.71. The van der Waals surface area contributed by atoms with Gasteiger partial charge in [0.15, 0.2) is 6.10 Å². The molecule has 472 valence electrons. The molecule has 0 N–H and O–H groups in total. The third-order valence-corrected chi connectivity index (χ3v) is 15.3. The number of ether oxygens (including phenoxy) is 3. The molecule has 0 radical (unpaired) electrons. The van der Waals surface area contributed by atoms with Crippen LogP contribution in [0.1, 0.15) is 348 Å². The Morgan fingerprint density at radius 3 is 0.756 bits per heavy atom. The van der Waals surface area contributed by atoms with E-state index in [4.69, 9.17) is 14.2 Å². The smallest absolute Gasteiger partial charge is 0.306 e. The molecule has 0 heterocycles. The van der Waals surface area contributed by atoms with Gasteiger partial charge in [0, 0.05) is 19.3 Å². The maximum absolute atomic E-state index is 13.0. The number of rotatable bonds is 64. The third-order valence-electron chi connectivity index (χ3n) is 15.3. The normalized spacial score (nSPS) is 12.7. The van der Waals surface area contributed by atoms with Gasteiger partial charge in [-0.2, -0.15) is 0 Å². The third kappa shape index (κ3) is 67.1. The summed E-state index contributed by atoms with van der Waals surface area (Å²) in [4.78, 5) is 38.4. The van der Waals surface area contributed by atoms with Crippen molar-refractivity contribution in [3.63, 3.8) is 0 Å². The van der Waals surface area contributed by atoms with Crippen LogP contribution in [0.4, 0.5) is 0 Å². The zero-order valence-electron chi connectivity index (χ0n) is 54.2. The van der Waals surface area contributed by atoms with Gasteiger partial charge < -0.3 is 14.2 Å². The van der Waals surface area contributed by atoms with Gasteiger partial charge in [0.2, 0.25) is 0 Å². The van der Waals surface area contributed by atoms with E-state index >= 15 is 0 Å². The van der Waals surface area contributed by atoms with Gasteiger partial charge in [0.1, 0.15) is 13.2 Å². The number of allylic oxidation sites excluding steroid dienone is 16. The Balaban J connectivity index is 4.31. The standard InChI is InChI=1S/C76H132O6/c1-4-7-10-13-16-19-22-25-27-29-31-33-35-37-38-40-41-43-45-47-49-51-54-57-60-63-66-69-75(78)81-72-73(71-80-74(77)68-65-62-59-56-53-24-21-18-15-12-9-6-3)82-76(79)70-67-64-61-58-55-52-50-48-46-44-42-39-36-34-32-30-28-26-23-20-17-14-11-8-5-2/h7,10,16,19,25,27,30-33,37-38,41,43,47,49,73H,4-6,8-9,11-15,17-18,20-24,26,28-29,34-36,39-40,42,44-46,48,50-72H2,1-3H3/b10-7-,19-16-,27-25-,32-30-,33-31-,38-37-,43-41-,49-47-. The van der Waals surface area contributed by atoms with Crippen molar-refractivity contribution in [2.75, 3.05) is 13.2 Å². The molecule has 0 bridgehead atoms. The van der Waals surface area contributed by atoms with Gasteiger partial charge in [0.25, 0.3) is 0 Å². The molecule has 1 atom stereocenters. The molecule has 0 saturated carbocycles. The van der Waals surface area contributed by atoms with E-state index in [2.05, 4.69) is 118 Å². The molecule has 0 aromatic rings. The fraction of sp³-hybridized carbons (Fsp3) is 0.750. The highest BCUT2D eigenvalue weighted by Gasteiger charge is 2.19. The predicted octanol–water partition coefficient (Wildman–Crippen LogP) is 24.4. The van der Waals surface area contributed by atoms with E-state index in [1.54, 1.807) is 0 Å². The molecule has 6 heteroatoms. The van der Waals surface area contributed by atoms with Crippen molar-refractivity contribution in [3.05, 3.63) is 97.2 Å². The Labute approximate surface area is 508 Å². The van der Waals surface area contributed by atoms with E-state index < -0.39 is 6.10 Å². The van der Waals surface area contributed by atoms with E-state index in [9.17, 15) is 14.4 Å². The van der Waals surface area contributed by atoms with Crippen molar-refractivity contribution in [2.45, 2.75) is 354 Å². The second-order valence-electron chi connectivity index (χ2n) is 23.4. The minimum Gasteiger partial charge on any atom is -0.462 e. The van der Waals surface area contributed by atoms with Crippen molar-refractivity contribution in [2.24, 2.45) is 0 Å². The molecule has 0 amide bonds. The van der Waals surface area contributed by atoms with Crippen molar-refractivity contribution >= 4 is 17.9 Å². The topological polar surface area (TPSA) is 78.9 Å². The van der Waals surface area contributed by atoms with Crippen molar-refractivity contribution in [1.82, 2.24) is 0 Å². The van der Waals surface area contributed by atoms with Crippen molar-refractivity contribution in [1.29, 1.82) is 0 Å². The molecular formula is C76H132O6. The fourth-order valence-electron chi connectivity index (χ4n) is 10.1. The second-order valence-corrected chi connectivity index (χ2v) is 23.4. The first-order valence-electron chi connectivity index (χ1n) is 35.2. The zero-order valence-corrected chi connectivity index (χ0v) is 54.2. The van der Waals surface area contributed by atoms with Crippen LogP contribution in [-0.4, -0.2) is 37.2 Å². The van der Waals surface area contributed by atoms with E-state index in [1.165, 1.54) is 186 Å². The molecular weight excluding hydrogens is 1010 g/mol.